The van der Waals surface area contributed by atoms with Gasteiger partial charge in [0.25, 0.3) is 0 Å². The van der Waals surface area contributed by atoms with Crippen LogP contribution in [0.3, 0.4) is 0 Å². The van der Waals surface area contributed by atoms with Gasteiger partial charge in [0.2, 0.25) is 0 Å². The summed E-state index contributed by atoms with van der Waals surface area (Å²) in [6.45, 7) is 5.39. The number of carboxylic acids is 1. The summed E-state index contributed by atoms with van der Waals surface area (Å²) in [5.74, 6) is 0.254. The second kappa shape index (κ2) is 12.6. The molecule has 2 N–H and O–H groups in total. The lowest BCUT2D eigenvalue weighted by Gasteiger charge is -2.35. The zero-order valence-corrected chi connectivity index (χ0v) is 24.2. The molecular weight excluding hydrogens is 532 g/mol. The summed E-state index contributed by atoms with van der Waals surface area (Å²) in [6, 6.07) is 3.65. The van der Waals surface area contributed by atoms with Gasteiger partial charge < -0.3 is 24.6 Å². The molecule has 2 unspecified atom stereocenters. The summed E-state index contributed by atoms with van der Waals surface area (Å²) >= 11 is 0. The number of nitrogens with one attached hydrogen (secondary N) is 1. The van der Waals surface area contributed by atoms with Crippen molar-refractivity contribution in [2.75, 3.05) is 38.7 Å². The van der Waals surface area contributed by atoms with Crippen LogP contribution in [0.15, 0.2) is 18.2 Å². The standard InChI is InChI=1S/C31H41F2N3O5/c1-31(2,33)27-16-24-19(18-41-27)13-20(32)14-25(24)28(30(37)38)36-11-9-22(17-36)40-12-5-4-7-21-15-26(39-3)23-8-6-10-34-29(23)35-21/h13-15,22,27-28H,4-12,16-18H2,1-3H3,(H,34,35)(H,37,38)/t22-,27?,28?/m1/s1. The maximum absolute atomic E-state index is 14.7. The Bertz CT molecular complexity index is 1230. The molecule has 224 valence electrons. The van der Waals surface area contributed by atoms with E-state index in [-0.39, 0.29) is 19.1 Å². The van der Waals surface area contributed by atoms with Gasteiger partial charge in [0.15, 0.2) is 0 Å². The Morgan fingerprint density at radius 3 is 2.88 bits per heavy atom. The SMILES string of the molecule is COc1cc(CCCCO[C@@H]2CCN(C(C(=O)O)c3cc(F)cc4c3CC(C(C)(C)F)OC4)C2)nc2c1CCCN2. The number of carbonyl (C=O) groups is 1. The summed E-state index contributed by atoms with van der Waals surface area (Å²) in [5.41, 5.74) is 2.18. The first kappa shape index (κ1) is 29.7. The Hall–Kier alpha value is -2.82. The van der Waals surface area contributed by atoms with Crippen molar-refractivity contribution in [2.45, 2.75) is 89.3 Å². The molecule has 1 aromatic heterocycles. The summed E-state index contributed by atoms with van der Waals surface area (Å²) in [6.07, 6.45) is 4.69. The monoisotopic (exact) mass is 573 g/mol. The van der Waals surface area contributed by atoms with E-state index in [2.05, 4.69) is 5.32 Å². The molecule has 0 bridgehead atoms. The van der Waals surface area contributed by atoms with E-state index in [0.717, 1.165) is 61.5 Å². The molecule has 1 aromatic carbocycles. The Balaban J connectivity index is 1.17. The van der Waals surface area contributed by atoms with Crippen LogP contribution in [0.1, 0.15) is 73.5 Å². The molecular formula is C31H41F2N3O5. The fourth-order valence-corrected chi connectivity index (χ4v) is 6.25. The number of benzene rings is 1. The number of carboxylic acid groups (broad SMARTS) is 1. The molecule has 0 saturated carbocycles. The van der Waals surface area contributed by atoms with Gasteiger partial charge in [0.05, 0.1) is 25.9 Å². The number of alkyl halides is 1. The number of aryl methyl sites for hydroxylation is 1. The predicted octanol–water partition coefficient (Wildman–Crippen LogP) is 5.02. The van der Waals surface area contributed by atoms with Crippen LogP contribution in [0.4, 0.5) is 14.6 Å². The van der Waals surface area contributed by atoms with Crippen molar-refractivity contribution in [3.05, 3.63) is 52.0 Å². The van der Waals surface area contributed by atoms with Crippen molar-refractivity contribution in [1.82, 2.24) is 9.88 Å². The fourth-order valence-electron chi connectivity index (χ4n) is 6.25. The number of anilines is 1. The molecule has 3 aliphatic rings. The lowest BCUT2D eigenvalue weighted by atomic mass is 9.86. The summed E-state index contributed by atoms with van der Waals surface area (Å²) in [7, 11) is 1.70. The van der Waals surface area contributed by atoms with E-state index < -0.39 is 29.6 Å². The minimum Gasteiger partial charge on any atom is -0.496 e. The maximum atomic E-state index is 14.7. The minimum atomic E-state index is -1.60. The third-order valence-corrected chi connectivity index (χ3v) is 8.44. The minimum absolute atomic E-state index is 0.0560. The number of likely N-dealkylation sites (tertiary alicyclic amines) is 1. The van der Waals surface area contributed by atoms with Gasteiger partial charge in [0, 0.05) is 50.0 Å². The molecule has 3 atom stereocenters. The van der Waals surface area contributed by atoms with Crippen LogP contribution in [0.25, 0.3) is 0 Å². The van der Waals surface area contributed by atoms with Crippen molar-refractivity contribution in [2.24, 2.45) is 0 Å². The molecule has 0 spiro atoms. The van der Waals surface area contributed by atoms with Gasteiger partial charge in [0.1, 0.15) is 29.1 Å². The van der Waals surface area contributed by atoms with Crippen LogP contribution in [0.2, 0.25) is 0 Å². The van der Waals surface area contributed by atoms with Crippen molar-refractivity contribution < 1.29 is 32.9 Å². The number of methoxy groups -OCH3 is 1. The number of pyridine rings is 1. The summed E-state index contributed by atoms with van der Waals surface area (Å²) in [5, 5.41) is 13.6. The third kappa shape index (κ3) is 6.81. The first-order chi connectivity index (χ1) is 19.6. The third-order valence-electron chi connectivity index (χ3n) is 8.44. The molecule has 8 nitrogen and oxygen atoms in total. The van der Waals surface area contributed by atoms with E-state index in [1.165, 1.54) is 26.0 Å². The van der Waals surface area contributed by atoms with Crippen LogP contribution in [-0.2, 0) is 40.1 Å². The Morgan fingerprint density at radius 1 is 1.29 bits per heavy atom. The first-order valence-corrected chi connectivity index (χ1v) is 14.6. The number of halogens is 2. The van der Waals surface area contributed by atoms with E-state index in [0.29, 0.717) is 42.8 Å². The molecule has 0 radical (unpaired) electrons. The largest absolute Gasteiger partial charge is 0.496 e. The molecule has 10 heteroatoms. The lowest BCUT2D eigenvalue weighted by Crippen LogP contribution is -2.40. The van der Waals surface area contributed by atoms with Crippen molar-refractivity contribution >= 4 is 11.8 Å². The summed E-state index contributed by atoms with van der Waals surface area (Å²) in [4.78, 5) is 19.1. The Labute approximate surface area is 240 Å². The molecule has 0 amide bonds. The van der Waals surface area contributed by atoms with E-state index >= 15 is 0 Å². The molecule has 2 aromatic rings. The van der Waals surface area contributed by atoms with Gasteiger partial charge in [-0.25, -0.2) is 13.8 Å². The second-order valence-electron chi connectivity index (χ2n) is 11.8. The molecule has 1 fully saturated rings. The van der Waals surface area contributed by atoms with Crippen LogP contribution < -0.4 is 10.1 Å². The molecule has 1 saturated heterocycles. The highest BCUT2D eigenvalue weighted by Crippen LogP contribution is 2.37. The van der Waals surface area contributed by atoms with E-state index in [1.54, 1.807) is 7.11 Å². The number of hydrogen-bond donors (Lipinski definition) is 2. The number of ether oxygens (including phenoxy) is 3. The van der Waals surface area contributed by atoms with Gasteiger partial charge >= 0.3 is 5.97 Å². The van der Waals surface area contributed by atoms with Crippen molar-refractivity contribution in [3.8, 4) is 5.75 Å². The number of aromatic nitrogens is 1. The highest BCUT2D eigenvalue weighted by atomic mass is 19.1. The van der Waals surface area contributed by atoms with Gasteiger partial charge in [-0.15, -0.1) is 0 Å². The second-order valence-corrected chi connectivity index (χ2v) is 11.8. The number of rotatable bonds is 11. The lowest BCUT2D eigenvalue weighted by molar-refractivity contribution is -0.143. The summed E-state index contributed by atoms with van der Waals surface area (Å²) < 4.78 is 46.7. The first-order valence-electron chi connectivity index (χ1n) is 14.6. The van der Waals surface area contributed by atoms with E-state index in [9.17, 15) is 18.7 Å². The highest BCUT2D eigenvalue weighted by molar-refractivity contribution is 5.76. The topological polar surface area (TPSA) is 93.2 Å². The Morgan fingerprint density at radius 2 is 2.12 bits per heavy atom. The fraction of sp³-hybridized carbons (Fsp3) is 0.613. The van der Waals surface area contributed by atoms with Crippen LogP contribution >= 0.6 is 0 Å². The average molecular weight is 574 g/mol. The van der Waals surface area contributed by atoms with Crippen LogP contribution in [-0.4, -0.2) is 72.2 Å². The van der Waals surface area contributed by atoms with E-state index in [4.69, 9.17) is 19.2 Å². The number of aliphatic carboxylic acids is 1. The molecule has 41 heavy (non-hydrogen) atoms. The molecule has 3 aliphatic heterocycles. The number of hydrogen-bond acceptors (Lipinski definition) is 7. The van der Waals surface area contributed by atoms with Gasteiger partial charge in [-0.3, -0.25) is 9.69 Å². The number of nitrogens with zero attached hydrogens (tertiary/aromatic N) is 2. The predicted molar refractivity (Wildman–Crippen MR) is 151 cm³/mol. The zero-order chi connectivity index (χ0) is 29.1. The number of unbranched alkanes of at least 4 members (excludes halogenated alkanes) is 1. The number of fused-ring (bicyclic) bond motifs is 2. The maximum Gasteiger partial charge on any atom is 0.325 e. The smallest absolute Gasteiger partial charge is 0.325 e. The average Bonchev–Trinajstić information content (AvgIpc) is 3.39. The van der Waals surface area contributed by atoms with Gasteiger partial charge in [-0.2, -0.15) is 0 Å². The quantitative estimate of drug-likeness (QED) is 0.362. The highest BCUT2D eigenvalue weighted by Gasteiger charge is 2.40. The van der Waals surface area contributed by atoms with Gasteiger partial charge in [-0.05, 0) is 81.2 Å². The van der Waals surface area contributed by atoms with E-state index in [1.807, 2.05) is 11.0 Å². The van der Waals surface area contributed by atoms with Crippen molar-refractivity contribution in [1.29, 1.82) is 0 Å². The molecule has 4 heterocycles. The molecule has 5 rings (SSSR count). The molecule has 0 aliphatic carbocycles. The van der Waals surface area contributed by atoms with Crippen LogP contribution in [0.5, 0.6) is 5.75 Å². The normalized spacial score (nSPS) is 21.6. The zero-order valence-electron chi connectivity index (χ0n) is 24.2. The van der Waals surface area contributed by atoms with Crippen LogP contribution in [0, 0.1) is 5.82 Å². The van der Waals surface area contributed by atoms with Crippen molar-refractivity contribution in [3.63, 3.8) is 0 Å². The Kier molecular flexibility index (Phi) is 9.11. The van der Waals surface area contributed by atoms with Gasteiger partial charge in [-0.1, -0.05) is 0 Å².